The lowest BCUT2D eigenvalue weighted by atomic mass is 9.99. The van der Waals surface area contributed by atoms with Crippen molar-refractivity contribution in [2.24, 2.45) is 5.92 Å². The summed E-state index contributed by atoms with van der Waals surface area (Å²) in [4.78, 5) is 0. The van der Waals surface area contributed by atoms with Gasteiger partial charge in [-0.15, -0.1) is 0 Å². The van der Waals surface area contributed by atoms with Crippen LogP contribution in [-0.4, -0.2) is 19.6 Å². The molecule has 0 radical (unpaired) electrons. The molecule has 1 unspecified atom stereocenters. The van der Waals surface area contributed by atoms with Gasteiger partial charge in [0.1, 0.15) is 11.9 Å². The lowest BCUT2D eigenvalue weighted by Crippen LogP contribution is -2.33. The van der Waals surface area contributed by atoms with E-state index in [1.807, 2.05) is 6.07 Å². The van der Waals surface area contributed by atoms with Gasteiger partial charge in [-0.1, -0.05) is 0 Å². The summed E-state index contributed by atoms with van der Waals surface area (Å²) in [7, 11) is 0. The topological polar surface area (TPSA) is 47.9 Å². The molecular formula is C13H16FN3. The molecule has 0 aliphatic carbocycles. The Kier molecular flexibility index (Phi) is 3.94. The molecule has 0 spiro atoms. The maximum Gasteiger partial charge on any atom is 0.141 e. The van der Waals surface area contributed by atoms with Gasteiger partial charge in [-0.05, 0) is 50.0 Å². The number of halogens is 1. The number of piperidine rings is 1. The third-order valence-corrected chi connectivity index (χ3v) is 3.08. The fourth-order valence-electron chi connectivity index (χ4n) is 2.08. The van der Waals surface area contributed by atoms with E-state index in [4.69, 9.17) is 5.26 Å². The van der Waals surface area contributed by atoms with E-state index in [1.165, 1.54) is 18.9 Å². The summed E-state index contributed by atoms with van der Waals surface area (Å²) >= 11 is 0. The molecule has 4 heteroatoms. The summed E-state index contributed by atoms with van der Waals surface area (Å²) < 4.78 is 13.1. The molecule has 1 aliphatic rings. The Morgan fingerprint density at radius 2 is 2.41 bits per heavy atom. The van der Waals surface area contributed by atoms with E-state index < -0.39 is 5.82 Å². The average Bonchev–Trinajstić information content (AvgIpc) is 2.39. The van der Waals surface area contributed by atoms with Crippen LogP contribution < -0.4 is 10.6 Å². The predicted molar refractivity (Wildman–Crippen MR) is 65.2 cm³/mol. The van der Waals surface area contributed by atoms with Crippen LogP contribution in [0.2, 0.25) is 0 Å². The minimum atomic E-state index is -0.461. The molecule has 1 saturated heterocycles. The molecule has 1 aromatic rings. The van der Waals surface area contributed by atoms with Crippen molar-refractivity contribution in [3.05, 3.63) is 29.6 Å². The largest absolute Gasteiger partial charge is 0.385 e. The molecule has 3 nitrogen and oxygen atoms in total. The summed E-state index contributed by atoms with van der Waals surface area (Å²) in [6.45, 7) is 2.99. The van der Waals surface area contributed by atoms with E-state index >= 15 is 0 Å². The van der Waals surface area contributed by atoms with Crippen LogP contribution in [0.3, 0.4) is 0 Å². The highest BCUT2D eigenvalue weighted by atomic mass is 19.1. The smallest absolute Gasteiger partial charge is 0.141 e. The second-order valence-corrected chi connectivity index (χ2v) is 4.40. The molecule has 1 heterocycles. The minimum Gasteiger partial charge on any atom is -0.385 e. The van der Waals surface area contributed by atoms with Gasteiger partial charge in [-0.25, -0.2) is 4.39 Å². The van der Waals surface area contributed by atoms with Crippen LogP contribution >= 0.6 is 0 Å². The third kappa shape index (κ3) is 3.18. The van der Waals surface area contributed by atoms with Gasteiger partial charge >= 0.3 is 0 Å². The van der Waals surface area contributed by atoms with Crippen molar-refractivity contribution in [2.45, 2.75) is 12.8 Å². The number of hydrogen-bond donors (Lipinski definition) is 2. The lowest BCUT2D eigenvalue weighted by molar-refractivity contribution is 0.393. The number of anilines is 1. The van der Waals surface area contributed by atoms with Crippen molar-refractivity contribution in [2.75, 3.05) is 25.0 Å². The second-order valence-electron chi connectivity index (χ2n) is 4.40. The molecule has 0 amide bonds. The van der Waals surface area contributed by atoms with Gasteiger partial charge in [-0.3, -0.25) is 0 Å². The highest BCUT2D eigenvalue weighted by molar-refractivity contribution is 5.49. The predicted octanol–water partition coefficient (Wildman–Crippen LogP) is 2.11. The van der Waals surface area contributed by atoms with Crippen molar-refractivity contribution < 1.29 is 4.39 Å². The maximum absolute atomic E-state index is 13.1. The van der Waals surface area contributed by atoms with Crippen LogP contribution in [0.4, 0.5) is 10.1 Å². The van der Waals surface area contributed by atoms with Crippen molar-refractivity contribution in [1.29, 1.82) is 5.26 Å². The molecule has 1 fully saturated rings. The number of benzene rings is 1. The molecule has 2 rings (SSSR count). The van der Waals surface area contributed by atoms with Gasteiger partial charge in [0.15, 0.2) is 0 Å². The van der Waals surface area contributed by atoms with Gasteiger partial charge in [0.25, 0.3) is 0 Å². The quantitative estimate of drug-likeness (QED) is 0.840. The van der Waals surface area contributed by atoms with Crippen LogP contribution in [0.15, 0.2) is 18.2 Å². The zero-order chi connectivity index (χ0) is 12.1. The number of hydrogen-bond acceptors (Lipinski definition) is 3. The number of nitrogens with zero attached hydrogens (tertiary/aromatic N) is 1. The van der Waals surface area contributed by atoms with Crippen LogP contribution in [0.5, 0.6) is 0 Å². The SMILES string of the molecule is N#Cc1cc(NCC2CCCNC2)ccc1F. The van der Waals surface area contributed by atoms with Crippen LogP contribution in [0, 0.1) is 23.1 Å². The first-order chi connectivity index (χ1) is 8.29. The van der Waals surface area contributed by atoms with Crippen molar-refractivity contribution in [3.8, 4) is 6.07 Å². The molecule has 0 saturated carbocycles. The van der Waals surface area contributed by atoms with Crippen molar-refractivity contribution in [3.63, 3.8) is 0 Å². The van der Waals surface area contributed by atoms with E-state index in [9.17, 15) is 4.39 Å². The third-order valence-electron chi connectivity index (χ3n) is 3.08. The monoisotopic (exact) mass is 233 g/mol. The highest BCUT2D eigenvalue weighted by Crippen LogP contribution is 2.16. The Morgan fingerprint density at radius 3 is 3.12 bits per heavy atom. The highest BCUT2D eigenvalue weighted by Gasteiger charge is 2.12. The number of nitrogens with one attached hydrogen (secondary N) is 2. The molecule has 90 valence electrons. The standard InChI is InChI=1S/C13H16FN3/c14-13-4-3-12(6-11(13)7-15)17-9-10-2-1-5-16-8-10/h3-4,6,10,16-17H,1-2,5,8-9H2. The first-order valence-electron chi connectivity index (χ1n) is 5.94. The molecule has 2 N–H and O–H groups in total. The van der Waals surface area contributed by atoms with E-state index in [0.29, 0.717) is 5.92 Å². The lowest BCUT2D eigenvalue weighted by Gasteiger charge is -2.23. The van der Waals surface area contributed by atoms with Crippen LogP contribution in [0.25, 0.3) is 0 Å². The van der Waals surface area contributed by atoms with Gasteiger partial charge < -0.3 is 10.6 Å². The van der Waals surface area contributed by atoms with E-state index in [1.54, 1.807) is 12.1 Å². The van der Waals surface area contributed by atoms with E-state index in [2.05, 4.69) is 10.6 Å². The Bertz CT molecular complexity index is 419. The fraction of sp³-hybridized carbons (Fsp3) is 0.462. The molecule has 1 aromatic carbocycles. The molecule has 1 aliphatic heterocycles. The van der Waals surface area contributed by atoms with Gasteiger partial charge in [-0.2, -0.15) is 5.26 Å². The Labute approximate surface area is 101 Å². The van der Waals surface area contributed by atoms with Crippen molar-refractivity contribution >= 4 is 5.69 Å². The van der Waals surface area contributed by atoms with Crippen LogP contribution in [-0.2, 0) is 0 Å². The first kappa shape index (κ1) is 11.9. The zero-order valence-electron chi connectivity index (χ0n) is 9.67. The summed E-state index contributed by atoms with van der Waals surface area (Å²) in [6, 6.07) is 6.41. The summed E-state index contributed by atoms with van der Waals surface area (Å²) in [6.07, 6.45) is 2.42. The Morgan fingerprint density at radius 1 is 1.53 bits per heavy atom. The van der Waals surface area contributed by atoms with Crippen molar-refractivity contribution in [1.82, 2.24) is 5.32 Å². The fourth-order valence-corrected chi connectivity index (χ4v) is 2.08. The van der Waals surface area contributed by atoms with Gasteiger partial charge in [0, 0.05) is 12.2 Å². The molecular weight excluding hydrogens is 217 g/mol. The Balaban J connectivity index is 1.92. The first-order valence-corrected chi connectivity index (χ1v) is 5.94. The Hall–Kier alpha value is -1.60. The summed E-state index contributed by atoms with van der Waals surface area (Å²) in [5.41, 5.74) is 0.908. The average molecular weight is 233 g/mol. The van der Waals surface area contributed by atoms with Crippen LogP contribution in [0.1, 0.15) is 18.4 Å². The number of rotatable bonds is 3. The molecule has 17 heavy (non-hydrogen) atoms. The molecule has 1 atom stereocenters. The minimum absolute atomic E-state index is 0.0942. The molecule has 0 aromatic heterocycles. The second kappa shape index (κ2) is 5.65. The summed E-state index contributed by atoms with van der Waals surface area (Å²) in [5.74, 6) is 0.150. The number of nitriles is 1. The normalized spacial score (nSPS) is 19.6. The zero-order valence-corrected chi connectivity index (χ0v) is 9.67. The van der Waals surface area contributed by atoms with E-state index in [0.717, 1.165) is 25.3 Å². The molecule has 0 bridgehead atoms. The maximum atomic E-state index is 13.1. The van der Waals surface area contributed by atoms with Gasteiger partial charge in [0.2, 0.25) is 0 Å². The van der Waals surface area contributed by atoms with E-state index in [-0.39, 0.29) is 5.56 Å². The van der Waals surface area contributed by atoms with Gasteiger partial charge in [0.05, 0.1) is 5.56 Å². The summed E-state index contributed by atoms with van der Waals surface area (Å²) in [5, 5.41) is 15.3.